The quantitative estimate of drug-likeness (QED) is 0.307. The smallest absolute Gasteiger partial charge is 0.366 e. The fraction of sp³-hybridized carbons (Fsp3) is 0.455. The molecular formula is C11H15N7O3S. The molecule has 0 unspecified atom stereocenters. The van der Waals surface area contributed by atoms with Gasteiger partial charge in [0.25, 0.3) is 5.91 Å². The molecule has 1 saturated heterocycles. The Balaban J connectivity index is 2.16. The molecule has 4 N–H and O–H groups in total. The summed E-state index contributed by atoms with van der Waals surface area (Å²) in [4.78, 5) is 30.0. The summed E-state index contributed by atoms with van der Waals surface area (Å²) in [5, 5.41) is 14.6. The molecule has 0 saturated carbocycles. The summed E-state index contributed by atoms with van der Waals surface area (Å²) < 4.78 is 0. The van der Waals surface area contributed by atoms with Crippen molar-refractivity contribution in [2.75, 3.05) is 18.5 Å². The van der Waals surface area contributed by atoms with Crippen molar-refractivity contribution in [1.29, 1.82) is 0 Å². The van der Waals surface area contributed by atoms with E-state index in [-0.39, 0.29) is 22.3 Å². The van der Waals surface area contributed by atoms with Gasteiger partial charge in [-0.1, -0.05) is 12.2 Å². The van der Waals surface area contributed by atoms with E-state index in [2.05, 4.69) is 20.5 Å². The Morgan fingerprint density at radius 3 is 2.77 bits per heavy atom. The van der Waals surface area contributed by atoms with Crippen molar-refractivity contribution in [3.8, 4) is 0 Å². The standard InChI is InChI=1S/C11H15N7O3S/c12-8(22)7(11(19)17-4-2-1-3-5-17)15-16-9-10(18(20)21)14-6-13-9/h6,16H,1-5H2,(H2,12,22)(H,13,14)/b15-7-. The van der Waals surface area contributed by atoms with E-state index in [0.717, 1.165) is 25.6 Å². The molecule has 0 spiro atoms. The Bertz CT molecular complexity index is 621. The van der Waals surface area contributed by atoms with Gasteiger partial charge in [-0.2, -0.15) is 10.1 Å². The number of H-pyrrole nitrogens is 1. The molecule has 1 aromatic rings. The third-order valence-electron chi connectivity index (χ3n) is 3.15. The van der Waals surface area contributed by atoms with Gasteiger partial charge < -0.3 is 20.7 Å². The lowest BCUT2D eigenvalue weighted by molar-refractivity contribution is -0.388. The van der Waals surface area contributed by atoms with Crippen LogP contribution < -0.4 is 11.2 Å². The number of amides is 1. The summed E-state index contributed by atoms with van der Waals surface area (Å²) in [7, 11) is 0. The average Bonchev–Trinajstić information content (AvgIpc) is 2.96. The van der Waals surface area contributed by atoms with Crippen molar-refractivity contribution >= 4 is 40.5 Å². The molecule has 0 atom stereocenters. The lowest BCUT2D eigenvalue weighted by Gasteiger charge is -2.26. The number of imidazole rings is 1. The van der Waals surface area contributed by atoms with Crippen LogP contribution in [0.4, 0.5) is 11.6 Å². The van der Waals surface area contributed by atoms with Gasteiger partial charge in [-0.25, -0.2) is 4.98 Å². The average molecular weight is 325 g/mol. The van der Waals surface area contributed by atoms with E-state index in [4.69, 9.17) is 18.0 Å². The van der Waals surface area contributed by atoms with Crippen molar-refractivity contribution in [1.82, 2.24) is 14.9 Å². The minimum Gasteiger partial charge on any atom is -0.388 e. The molecule has 0 radical (unpaired) electrons. The van der Waals surface area contributed by atoms with E-state index in [1.54, 1.807) is 4.90 Å². The van der Waals surface area contributed by atoms with Crippen LogP contribution in [-0.2, 0) is 4.79 Å². The number of thiocarbonyl (C=S) groups is 1. The summed E-state index contributed by atoms with van der Waals surface area (Å²) in [5.41, 5.74) is 7.75. The van der Waals surface area contributed by atoms with Gasteiger partial charge in [0.2, 0.25) is 5.82 Å². The van der Waals surface area contributed by atoms with Gasteiger partial charge in [0.1, 0.15) is 4.99 Å². The number of anilines is 1. The maximum Gasteiger partial charge on any atom is 0.366 e. The summed E-state index contributed by atoms with van der Waals surface area (Å²) in [6, 6.07) is 0. The highest BCUT2D eigenvalue weighted by Gasteiger charge is 2.24. The highest BCUT2D eigenvalue weighted by atomic mass is 32.1. The van der Waals surface area contributed by atoms with Gasteiger partial charge in [-0.15, -0.1) is 0 Å². The van der Waals surface area contributed by atoms with Crippen LogP contribution >= 0.6 is 12.2 Å². The Hall–Kier alpha value is -2.56. The Labute approximate surface area is 130 Å². The van der Waals surface area contributed by atoms with Crippen molar-refractivity contribution < 1.29 is 9.72 Å². The second-order valence-corrected chi connectivity index (χ2v) is 5.09. The van der Waals surface area contributed by atoms with E-state index in [0.29, 0.717) is 13.1 Å². The second kappa shape index (κ2) is 6.93. The zero-order valence-electron chi connectivity index (χ0n) is 11.6. The first-order valence-electron chi connectivity index (χ1n) is 6.61. The molecule has 1 aliphatic rings. The third-order valence-corrected chi connectivity index (χ3v) is 3.35. The van der Waals surface area contributed by atoms with Crippen molar-refractivity contribution in [2.45, 2.75) is 19.3 Å². The Morgan fingerprint density at radius 1 is 1.50 bits per heavy atom. The van der Waals surface area contributed by atoms with Crippen LogP contribution in [0, 0.1) is 10.1 Å². The van der Waals surface area contributed by atoms with Crippen LogP contribution in [0.5, 0.6) is 0 Å². The highest BCUT2D eigenvalue weighted by molar-refractivity contribution is 7.82. The van der Waals surface area contributed by atoms with Crippen LogP contribution in [0.3, 0.4) is 0 Å². The monoisotopic (exact) mass is 325 g/mol. The van der Waals surface area contributed by atoms with Crippen molar-refractivity contribution in [3.63, 3.8) is 0 Å². The molecule has 1 fully saturated rings. The summed E-state index contributed by atoms with van der Waals surface area (Å²) in [6.45, 7) is 1.23. The molecule has 0 bridgehead atoms. The van der Waals surface area contributed by atoms with E-state index in [1.807, 2.05) is 0 Å². The van der Waals surface area contributed by atoms with Gasteiger partial charge in [0.15, 0.2) is 12.0 Å². The van der Waals surface area contributed by atoms with E-state index in [1.165, 1.54) is 0 Å². The van der Waals surface area contributed by atoms with E-state index in [9.17, 15) is 14.9 Å². The molecule has 1 aromatic heterocycles. The number of rotatable bonds is 5. The fourth-order valence-electron chi connectivity index (χ4n) is 2.07. The Morgan fingerprint density at radius 2 is 2.18 bits per heavy atom. The molecular weight excluding hydrogens is 310 g/mol. The number of carbonyl (C=O) groups excluding carboxylic acids is 1. The maximum atomic E-state index is 12.3. The number of hydrogen-bond acceptors (Lipinski definition) is 7. The number of nitro groups is 1. The number of hydrogen-bond donors (Lipinski definition) is 3. The van der Waals surface area contributed by atoms with Crippen LogP contribution in [0.15, 0.2) is 11.4 Å². The summed E-state index contributed by atoms with van der Waals surface area (Å²) >= 11 is 4.84. The Kier molecular flexibility index (Phi) is 4.99. The molecule has 11 heteroatoms. The molecule has 10 nitrogen and oxygen atoms in total. The molecule has 1 amide bonds. The molecule has 2 rings (SSSR count). The number of carbonyl (C=O) groups is 1. The van der Waals surface area contributed by atoms with Gasteiger partial charge >= 0.3 is 5.82 Å². The topological polar surface area (TPSA) is 143 Å². The molecule has 118 valence electrons. The number of nitrogens with zero attached hydrogens (tertiary/aromatic N) is 4. The number of nitrogens with two attached hydrogens (primary N) is 1. The number of nitrogens with one attached hydrogen (secondary N) is 2. The minimum atomic E-state index is -0.655. The number of piperidine rings is 1. The first-order valence-corrected chi connectivity index (χ1v) is 7.02. The SMILES string of the molecule is NC(=S)/C(=N/Nc1nc[nH]c1[N+](=O)[O-])C(=O)N1CCCCC1. The van der Waals surface area contributed by atoms with Crippen LogP contribution in [-0.4, -0.2) is 49.5 Å². The number of aromatic amines is 1. The summed E-state index contributed by atoms with van der Waals surface area (Å²) in [5.74, 6) is -0.875. The van der Waals surface area contributed by atoms with Gasteiger partial charge in [-0.05, 0) is 24.2 Å². The molecule has 0 aromatic carbocycles. The van der Waals surface area contributed by atoms with Gasteiger partial charge in [0, 0.05) is 13.1 Å². The first-order chi connectivity index (χ1) is 10.5. The van der Waals surface area contributed by atoms with Crippen molar-refractivity contribution in [2.24, 2.45) is 10.8 Å². The van der Waals surface area contributed by atoms with Gasteiger partial charge in [-0.3, -0.25) is 10.2 Å². The number of likely N-dealkylation sites (tertiary alicyclic amines) is 1. The normalized spacial score (nSPS) is 15.5. The van der Waals surface area contributed by atoms with E-state index >= 15 is 0 Å². The van der Waals surface area contributed by atoms with Gasteiger partial charge in [0.05, 0.1) is 0 Å². The minimum absolute atomic E-state index is 0.120. The first kappa shape index (κ1) is 15.8. The highest BCUT2D eigenvalue weighted by Crippen LogP contribution is 2.18. The number of hydrazone groups is 1. The zero-order valence-corrected chi connectivity index (χ0v) is 12.4. The largest absolute Gasteiger partial charge is 0.388 e. The van der Waals surface area contributed by atoms with Crippen molar-refractivity contribution in [3.05, 3.63) is 16.4 Å². The fourth-order valence-corrected chi connectivity index (χ4v) is 2.21. The van der Waals surface area contributed by atoms with Crippen LogP contribution in [0.1, 0.15) is 19.3 Å². The van der Waals surface area contributed by atoms with E-state index < -0.39 is 10.8 Å². The lowest BCUT2D eigenvalue weighted by atomic mass is 10.1. The maximum absolute atomic E-state index is 12.3. The predicted molar refractivity (Wildman–Crippen MR) is 83.5 cm³/mol. The van der Waals surface area contributed by atoms with Crippen LogP contribution in [0.2, 0.25) is 0 Å². The second-order valence-electron chi connectivity index (χ2n) is 4.65. The molecule has 2 heterocycles. The molecule has 1 aliphatic heterocycles. The predicted octanol–water partition coefficient (Wildman–Crippen LogP) is 0.384. The summed E-state index contributed by atoms with van der Waals surface area (Å²) in [6.07, 6.45) is 4.03. The number of aromatic nitrogens is 2. The molecule has 22 heavy (non-hydrogen) atoms. The van der Waals surface area contributed by atoms with Crippen LogP contribution in [0.25, 0.3) is 0 Å². The third kappa shape index (κ3) is 3.55. The zero-order chi connectivity index (χ0) is 16.1. The molecule has 0 aliphatic carbocycles. The lowest BCUT2D eigenvalue weighted by Crippen LogP contribution is -2.44.